The number of nitrogens with one attached hydrogen (secondary N) is 1. The van der Waals surface area contributed by atoms with Gasteiger partial charge in [0.05, 0.1) is 12.9 Å². The largest absolute Gasteiger partial charge is 0.497 e. The predicted molar refractivity (Wildman–Crippen MR) is 93.3 cm³/mol. The average molecular weight is 347 g/mol. The van der Waals surface area contributed by atoms with E-state index in [0.29, 0.717) is 17.0 Å². The summed E-state index contributed by atoms with van der Waals surface area (Å²) in [6.07, 6.45) is 4.54. The second-order valence-corrected chi connectivity index (χ2v) is 6.68. The van der Waals surface area contributed by atoms with Crippen molar-refractivity contribution < 1.29 is 9.53 Å². The van der Waals surface area contributed by atoms with E-state index in [2.05, 4.69) is 15.5 Å². The first-order chi connectivity index (χ1) is 11.7. The predicted octanol–water partition coefficient (Wildman–Crippen LogP) is 1.82. The van der Waals surface area contributed by atoms with Gasteiger partial charge in [0, 0.05) is 11.6 Å². The number of rotatable bonds is 6. The van der Waals surface area contributed by atoms with Gasteiger partial charge in [-0.25, -0.2) is 4.68 Å². The Labute approximate surface area is 144 Å². The number of carbonyl (C=O) groups is 1. The highest BCUT2D eigenvalue weighted by atomic mass is 32.2. The molecule has 1 aromatic heterocycles. The molecule has 1 fully saturated rings. The molecule has 0 radical (unpaired) electrons. The lowest BCUT2D eigenvalue weighted by atomic mass is 10.2. The number of nitrogens with zero attached hydrogens (tertiary/aromatic N) is 3. The molecule has 0 unspecified atom stereocenters. The minimum absolute atomic E-state index is 0.0147. The highest BCUT2D eigenvalue weighted by molar-refractivity contribution is 7.99. The molecular weight excluding hydrogens is 326 g/mol. The van der Waals surface area contributed by atoms with E-state index in [1.165, 1.54) is 29.3 Å². The van der Waals surface area contributed by atoms with Crippen molar-refractivity contribution in [2.45, 2.75) is 36.9 Å². The topological polar surface area (TPSA) is 95.1 Å². The summed E-state index contributed by atoms with van der Waals surface area (Å²) in [4.78, 5) is 12.0. The number of nitrogens with two attached hydrogens (primary N) is 1. The van der Waals surface area contributed by atoms with Gasteiger partial charge in [-0.1, -0.05) is 24.6 Å². The molecule has 8 heteroatoms. The van der Waals surface area contributed by atoms with Crippen LogP contribution in [0.3, 0.4) is 0 Å². The molecule has 1 amide bonds. The quantitative estimate of drug-likeness (QED) is 0.611. The van der Waals surface area contributed by atoms with Gasteiger partial charge in [-0.2, -0.15) is 0 Å². The van der Waals surface area contributed by atoms with Gasteiger partial charge >= 0.3 is 0 Å². The molecule has 1 aliphatic rings. The van der Waals surface area contributed by atoms with E-state index in [4.69, 9.17) is 10.6 Å². The Morgan fingerprint density at radius 2 is 2.04 bits per heavy atom. The van der Waals surface area contributed by atoms with Crippen LogP contribution < -0.4 is 15.9 Å². The van der Waals surface area contributed by atoms with Gasteiger partial charge in [0.1, 0.15) is 5.75 Å². The van der Waals surface area contributed by atoms with E-state index in [1.807, 2.05) is 24.3 Å². The minimum Gasteiger partial charge on any atom is -0.497 e. The molecule has 0 aliphatic heterocycles. The molecule has 1 saturated carbocycles. The maximum Gasteiger partial charge on any atom is 0.230 e. The van der Waals surface area contributed by atoms with Crippen molar-refractivity contribution in [1.29, 1.82) is 0 Å². The molecule has 7 nitrogen and oxygen atoms in total. The number of methoxy groups -OCH3 is 1. The number of aromatic nitrogens is 3. The fourth-order valence-electron chi connectivity index (χ4n) is 2.78. The van der Waals surface area contributed by atoms with Crippen LogP contribution in [0.4, 0.5) is 0 Å². The van der Waals surface area contributed by atoms with Crippen LogP contribution >= 0.6 is 11.8 Å². The van der Waals surface area contributed by atoms with E-state index in [1.54, 1.807) is 7.11 Å². The van der Waals surface area contributed by atoms with Crippen molar-refractivity contribution in [3.05, 3.63) is 24.3 Å². The van der Waals surface area contributed by atoms with Gasteiger partial charge in [-0.15, -0.1) is 10.2 Å². The molecular formula is C16H21N5O2S. The van der Waals surface area contributed by atoms with Crippen molar-refractivity contribution in [3.8, 4) is 17.1 Å². The van der Waals surface area contributed by atoms with Gasteiger partial charge in [-0.3, -0.25) is 4.79 Å². The molecule has 1 aromatic carbocycles. The first-order valence-electron chi connectivity index (χ1n) is 7.94. The molecule has 2 aromatic rings. The molecule has 3 N–H and O–H groups in total. The summed E-state index contributed by atoms with van der Waals surface area (Å²) in [6, 6.07) is 7.74. The second kappa shape index (κ2) is 7.57. The molecule has 3 rings (SSSR count). The van der Waals surface area contributed by atoms with E-state index in [9.17, 15) is 4.79 Å². The summed E-state index contributed by atoms with van der Waals surface area (Å²) < 4.78 is 6.55. The minimum atomic E-state index is 0.0147. The molecule has 0 bridgehead atoms. The fraction of sp³-hybridized carbons (Fsp3) is 0.438. The number of hydrogen-bond acceptors (Lipinski definition) is 6. The monoisotopic (exact) mass is 347 g/mol. The third-order valence-corrected chi connectivity index (χ3v) is 5.01. The number of thioether (sulfide) groups is 1. The third-order valence-electron chi connectivity index (χ3n) is 4.07. The summed E-state index contributed by atoms with van der Waals surface area (Å²) in [5.74, 6) is 7.68. The number of benzene rings is 1. The standard InChI is InChI=1S/C16H21N5O2S/c1-23-13-8-6-11(7-9-13)15-19-20-16(21(15)17)24-10-14(22)18-12-4-2-3-5-12/h6-9,12H,2-5,10,17H2,1H3,(H,18,22). The van der Waals surface area contributed by atoms with Crippen LogP contribution in [-0.4, -0.2) is 39.7 Å². The highest BCUT2D eigenvalue weighted by Crippen LogP contribution is 2.24. The number of hydrogen-bond donors (Lipinski definition) is 2. The van der Waals surface area contributed by atoms with Crippen molar-refractivity contribution >= 4 is 17.7 Å². The fourth-order valence-corrected chi connectivity index (χ4v) is 3.45. The molecule has 0 saturated heterocycles. The number of carbonyl (C=O) groups excluding carboxylic acids is 1. The Bertz CT molecular complexity index is 695. The zero-order valence-electron chi connectivity index (χ0n) is 13.6. The molecule has 1 aliphatic carbocycles. The summed E-state index contributed by atoms with van der Waals surface area (Å²) in [5.41, 5.74) is 0.841. The Hall–Kier alpha value is -2.22. The Kier molecular flexibility index (Phi) is 5.24. The SMILES string of the molecule is COc1ccc(-c2nnc(SCC(=O)NC3CCCC3)n2N)cc1. The van der Waals surface area contributed by atoms with Crippen LogP contribution in [0.5, 0.6) is 5.75 Å². The maximum absolute atomic E-state index is 12.0. The van der Waals surface area contributed by atoms with Gasteiger partial charge in [0.15, 0.2) is 5.82 Å². The summed E-state index contributed by atoms with van der Waals surface area (Å²) in [5, 5.41) is 11.8. The summed E-state index contributed by atoms with van der Waals surface area (Å²) in [7, 11) is 1.62. The number of ether oxygens (including phenoxy) is 1. The number of amides is 1. The molecule has 128 valence electrons. The summed E-state index contributed by atoms with van der Waals surface area (Å²) >= 11 is 1.29. The van der Waals surface area contributed by atoms with E-state index in [-0.39, 0.29) is 11.7 Å². The van der Waals surface area contributed by atoms with Crippen LogP contribution in [0.15, 0.2) is 29.4 Å². The van der Waals surface area contributed by atoms with Crippen LogP contribution in [-0.2, 0) is 4.79 Å². The van der Waals surface area contributed by atoms with Crippen LogP contribution in [0.25, 0.3) is 11.4 Å². The molecule has 0 atom stereocenters. The van der Waals surface area contributed by atoms with E-state index in [0.717, 1.165) is 24.2 Å². The molecule has 1 heterocycles. The van der Waals surface area contributed by atoms with Gasteiger partial charge in [0.25, 0.3) is 0 Å². The zero-order chi connectivity index (χ0) is 16.9. The molecule has 24 heavy (non-hydrogen) atoms. The van der Waals surface area contributed by atoms with Gasteiger partial charge in [-0.05, 0) is 37.1 Å². The van der Waals surface area contributed by atoms with Crippen molar-refractivity contribution in [2.75, 3.05) is 18.7 Å². The molecule has 0 spiro atoms. The van der Waals surface area contributed by atoms with E-state index >= 15 is 0 Å². The van der Waals surface area contributed by atoms with Gasteiger partial charge in [0.2, 0.25) is 11.1 Å². The normalized spacial score (nSPS) is 14.7. The second-order valence-electron chi connectivity index (χ2n) is 5.74. The van der Waals surface area contributed by atoms with Crippen molar-refractivity contribution in [3.63, 3.8) is 0 Å². The Morgan fingerprint density at radius 3 is 2.71 bits per heavy atom. The lowest BCUT2D eigenvalue weighted by molar-refractivity contribution is -0.119. The number of nitrogen functional groups attached to an aromatic ring is 1. The van der Waals surface area contributed by atoms with Crippen molar-refractivity contribution in [1.82, 2.24) is 20.2 Å². The first kappa shape index (κ1) is 16.6. The van der Waals surface area contributed by atoms with Crippen molar-refractivity contribution in [2.24, 2.45) is 0 Å². The lowest BCUT2D eigenvalue weighted by Gasteiger charge is -2.11. The average Bonchev–Trinajstić information content (AvgIpc) is 3.23. The van der Waals surface area contributed by atoms with Crippen LogP contribution in [0, 0.1) is 0 Å². The van der Waals surface area contributed by atoms with Crippen LogP contribution in [0.1, 0.15) is 25.7 Å². The maximum atomic E-state index is 12.0. The van der Waals surface area contributed by atoms with Crippen LogP contribution in [0.2, 0.25) is 0 Å². The summed E-state index contributed by atoms with van der Waals surface area (Å²) in [6.45, 7) is 0. The Balaban J connectivity index is 1.60. The van der Waals surface area contributed by atoms with Gasteiger partial charge < -0.3 is 15.9 Å². The first-order valence-corrected chi connectivity index (χ1v) is 8.93. The zero-order valence-corrected chi connectivity index (χ0v) is 14.4. The third kappa shape index (κ3) is 3.81. The lowest BCUT2D eigenvalue weighted by Crippen LogP contribution is -2.34. The smallest absolute Gasteiger partial charge is 0.230 e. The van der Waals surface area contributed by atoms with E-state index < -0.39 is 0 Å². The Morgan fingerprint density at radius 1 is 1.33 bits per heavy atom. The highest BCUT2D eigenvalue weighted by Gasteiger charge is 2.18.